The molecule has 0 atom stereocenters. The van der Waals surface area contributed by atoms with Crippen LogP contribution in [0.5, 0.6) is 11.5 Å². The first-order chi connectivity index (χ1) is 17.2. The van der Waals surface area contributed by atoms with Crippen LogP contribution in [-0.4, -0.2) is 35.6 Å². The van der Waals surface area contributed by atoms with Crippen molar-refractivity contribution in [2.75, 3.05) is 19.7 Å². The predicted molar refractivity (Wildman–Crippen MR) is 128 cm³/mol. The number of carbonyl (C=O) groups is 1. The number of halogens is 4. The molecule has 0 bridgehead atoms. The lowest BCUT2D eigenvalue weighted by Crippen LogP contribution is -2.41. The fraction of sp³-hybridized carbons (Fsp3) is 0.321. The molecule has 1 aliphatic rings. The molecule has 1 N–H and O–H groups in total. The summed E-state index contributed by atoms with van der Waals surface area (Å²) in [5, 5.41) is 10.1. The Morgan fingerprint density at radius 1 is 0.972 bits per heavy atom. The molecule has 0 aromatic heterocycles. The normalized spacial score (nSPS) is 14.6. The van der Waals surface area contributed by atoms with Crippen LogP contribution >= 0.6 is 0 Å². The van der Waals surface area contributed by atoms with Crippen LogP contribution in [0.4, 0.5) is 17.6 Å². The van der Waals surface area contributed by atoms with Crippen LogP contribution in [0.1, 0.15) is 30.4 Å². The van der Waals surface area contributed by atoms with Gasteiger partial charge in [-0.05, 0) is 67.5 Å². The quantitative estimate of drug-likeness (QED) is 0.378. The average Bonchev–Trinajstić information content (AvgIpc) is 2.86. The highest BCUT2D eigenvalue weighted by Gasteiger charge is 2.32. The zero-order chi connectivity index (χ0) is 25.7. The summed E-state index contributed by atoms with van der Waals surface area (Å²) in [5.41, 5.74) is 0.250. The summed E-state index contributed by atoms with van der Waals surface area (Å²) in [7, 11) is 0. The monoisotopic (exact) mass is 501 g/mol. The Labute approximate surface area is 207 Å². The van der Waals surface area contributed by atoms with Gasteiger partial charge < -0.3 is 14.7 Å². The van der Waals surface area contributed by atoms with Crippen LogP contribution in [-0.2, 0) is 17.4 Å². The standard InChI is InChI=1S/C28H27F4NO3/c29-22-9-10-23(25(34)17-22)24-16-21(28(30,31)32)8-11-26(24)36-18-27(35)33-14-12-20(13-15-33)7-6-19-4-2-1-3-5-19/h1-5,8-11,16-17,20,34H,6-7,12-15,18H2. The number of benzene rings is 3. The van der Waals surface area contributed by atoms with Gasteiger partial charge in [0, 0.05) is 30.3 Å². The number of nitrogens with zero attached hydrogens (tertiary/aromatic N) is 1. The van der Waals surface area contributed by atoms with E-state index < -0.39 is 23.3 Å². The Hall–Kier alpha value is -3.55. The lowest BCUT2D eigenvalue weighted by atomic mass is 9.90. The van der Waals surface area contributed by atoms with Gasteiger partial charge in [-0.1, -0.05) is 30.3 Å². The van der Waals surface area contributed by atoms with Crippen LogP contribution in [0.3, 0.4) is 0 Å². The summed E-state index contributed by atoms with van der Waals surface area (Å²) >= 11 is 0. The van der Waals surface area contributed by atoms with E-state index in [1.165, 1.54) is 11.6 Å². The van der Waals surface area contributed by atoms with Crippen molar-refractivity contribution < 1.29 is 32.2 Å². The number of rotatable bonds is 7. The van der Waals surface area contributed by atoms with Crippen LogP contribution < -0.4 is 4.74 Å². The summed E-state index contributed by atoms with van der Waals surface area (Å²) < 4.78 is 58.9. The van der Waals surface area contributed by atoms with Gasteiger partial charge in [-0.3, -0.25) is 4.79 Å². The molecule has 0 unspecified atom stereocenters. The van der Waals surface area contributed by atoms with Crippen LogP contribution in [0.2, 0.25) is 0 Å². The van der Waals surface area contributed by atoms with Gasteiger partial charge in [0.05, 0.1) is 5.56 Å². The summed E-state index contributed by atoms with van der Waals surface area (Å²) in [4.78, 5) is 14.5. The number of carbonyl (C=O) groups excluding carboxylic acids is 1. The Bertz CT molecular complexity index is 1190. The summed E-state index contributed by atoms with van der Waals surface area (Å²) in [6, 6.07) is 16.1. The Kier molecular flexibility index (Phi) is 7.82. The molecule has 0 saturated carbocycles. The summed E-state index contributed by atoms with van der Waals surface area (Å²) in [5.74, 6) is -0.990. The van der Waals surface area contributed by atoms with Gasteiger partial charge in [-0.25, -0.2) is 4.39 Å². The molecule has 1 heterocycles. The molecule has 3 aromatic carbocycles. The number of hydrogen-bond donors (Lipinski definition) is 1. The Morgan fingerprint density at radius 2 is 1.69 bits per heavy atom. The van der Waals surface area contributed by atoms with E-state index >= 15 is 0 Å². The lowest BCUT2D eigenvalue weighted by molar-refractivity contribution is -0.138. The molecule has 1 saturated heterocycles. The first-order valence-corrected chi connectivity index (χ1v) is 11.9. The lowest BCUT2D eigenvalue weighted by Gasteiger charge is -2.32. The molecule has 0 spiro atoms. The summed E-state index contributed by atoms with van der Waals surface area (Å²) in [6.45, 7) is 0.843. The topological polar surface area (TPSA) is 49.8 Å². The molecular formula is C28H27F4NO3. The van der Waals surface area contributed by atoms with Gasteiger partial charge in [0.2, 0.25) is 0 Å². The van der Waals surface area contributed by atoms with Gasteiger partial charge in [-0.2, -0.15) is 13.2 Å². The van der Waals surface area contributed by atoms with Crippen molar-refractivity contribution in [3.8, 4) is 22.6 Å². The maximum atomic E-state index is 13.4. The van der Waals surface area contributed by atoms with E-state index in [0.29, 0.717) is 19.0 Å². The van der Waals surface area contributed by atoms with E-state index in [4.69, 9.17) is 4.74 Å². The predicted octanol–water partition coefficient (Wildman–Crippen LogP) is 6.47. The third kappa shape index (κ3) is 6.36. The van der Waals surface area contributed by atoms with E-state index in [1.54, 1.807) is 4.90 Å². The highest BCUT2D eigenvalue weighted by atomic mass is 19.4. The number of aryl methyl sites for hydroxylation is 1. The largest absolute Gasteiger partial charge is 0.507 e. The SMILES string of the molecule is O=C(COc1ccc(C(F)(F)F)cc1-c1ccc(F)cc1O)N1CCC(CCc2ccccc2)CC1. The van der Waals surface area contributed by atoms with E-state index in [0.717, 1.165) is 56.0 Å². The Morgan fingerprint density at radius 3 is 2.36 bits per heavy atom. The van der Waals surface area contributed by atoms with E-state index in [2.05, 4.69) is 12.1 Å². The van der Waals surface area contributed by atoms with Crippen molar-refractivity contribution in [1.29, 1.82) is 0 Å². The van der Waals surface area contributed by atoms with Crippen molar-refractivity contribution in [2.24, 2.45) is 5.92 Å². The van der Waals surface area contributed by atoms with Crippen LogP contribution in [0, 0.1) is 11.7 Å². The number of likely N-dealkylation sites (tertiary alicyclic amines) is 1. The van der Waals surface area contributed by atoms with Crippen molar-refractivity contribution in [3.63, 3.8) is 0 Å². The molecular weight excluding hydrogens is 474 g/mol. The summed E-state index contributed by atoms with van der Waals surface area (Å²) in [6.07, 6.45) is -0.807. The second kappa shape index (κ2) is 11.0. The van der Waals surface area contributed by atoms with E-state index in [1.807, 2.05) is 18.2 Å². The number of amides is 1. The van der Waals surface area contributed by atoms with Crippen molar-refractivity contribution in [1.82, 2.24) is 4.90 Å². The number of ether oxygens (including phenoxy) is 1. The third-order valence-corrected chi connectivity index (χ3v) is 6.56. The molecule has 0 radical (unpaired) electrons. The van der Waals surface area contributed by atoms with Crippen molar-refractivity contribution in [2.45, 2.75) is 31.9 Å². The minimum absolute atomic E-state index is 0.00370. The van der Waals surface area contributed by atoms with E-state index in [-0.39, 0.29) is 29.4 Å². The second-order valence-electron chi connectivity index (χ2n) is 9.01. The van der Waals surface area contributed by atoms with Crippen molar-refractivity contribution in [3.05, 3.63) is 83.7 Å². The fourth-order valence-corrected chi connectivity index (χ4v) is 4.49. The second-order valence-corrected chi connectivity index (χ2v) is 9.01. The number of hydrogen-bond acceptors (Lipinski definition) is 3. The maximum absolute atomic E-state index is 13.4. The molecule has 1 fully saturated rings. The number of phenolic OH excluding ortho intramolecular Hbond substituents is 1. The molecule has 4 nitrogen and oxygen atoms in total. The molecule has 8 heteroatoms. The number of piperidine rings is 1. The fourth-order valence-electron chi connectivity index (χ4n) is 4.49. The van der Waals surface area contributed by atoms with Gasteiger partial charge in [-0.15, -0.1) is 0 Å². The van der Waals surface area contributed by atoms with Crippen molar-refractivity contribution >= 4 is 5.91 Å². The molecule has 1 aliphatic heterocycles. The average molecular weight is 502 g/mol. The zero-order valence-electron chi connectivity index (χ0n) is 19.6. The molecule has 190 valence electrons. The van der Waals surface area contributed by atoms with Gasteiger partial charge in [0.15, 0.2) is 6.61 Å². The minimum Gasteiger partial charge on any atom is -0.507 e. The zero-order valence-corrected chi connectivity index (χ0v) is 19.6. The first kappa shape index (κ1) is 25.5. The number of alkyl halides is 3. The highest BCUT2D eigenvalue weighted by Crippen LogP contribution is 2.40. The number of aromatic hydroxyl groups is 1. The highest BCUT2D eigenvalue weighted by molar-refractivity contribution is 5.80. The van der Waals surface area contributed by atoms with E-state index in [9.17, 15) is 27.5 Å². The van der Waals surface area contributed by atoms with Gasteiger partial charge in [0.25, 0.3) is 5.91 Å². The number of phenols is 1. The molecule has 36 heavy (non-hydrogen) atoms. The molecule has 0 aliphatic carbocycles. The van der Waals surface area contributed by atoms with Crippen LogP contribution in [0.25, 0.3) is 11.1 Å². The molecule has 1 amide bonds. The van der Waals surface area contributed by atoms with Crippen LogP contribution in [0.15, 0.2) is 66.7 Å². The molecule has 3 aromatic rings. The third-order valence-electron chi connectivity index (χ3n) is 6.56. The van der Waals surface area contributed by atoms with Gasteiger partial charge >= 0.3 is 6.18 Å². The maximum Gasteiger partial charge on any atom is 0.416 e. The first-order valence-electron chi connectivity index (χ1n) is 11.9. The van der Waals surface area contributed by atoms with Gasteiger partial charge in [0.1, 0.15) is 17.3 Å². The smallest absolute Gasteiger partial charge is 0.416 e. The Balaban J connectivity index is 1.39. The minimum atomic E-state index is -4.62. The molecule has 4 rings (SSSR count).